The van der Waals surface area contributed by atoms with Crippen LogP contribution >= 0.6 is 11.8 Å². The molecule has 1 aromatic carbocycles. The first kappa shape index (κ1) is 11.7. The molecular formula is C14H17N3S. The molecule has 2 aromatic rings. The number of hydrogen-bond donors (Lipinski definition) is 1. The Morgan fingerprint density at radius 1 is 1.33 bits per heavy atom. The molecule has 1 unspecified atom stereocenters. The fourth-order valence-electron chi connectivity index (χ4n) is 2.24. The van der Waals surface area contributed by atoms with Crippen LogP contribution in [0.4, 0.5) is 5.69 Å². The Labute approximate surface area is 112 Å². The lowest BCUT2D eigenvalue weighted by molar-refractivity contribution is 0.685. The second kappa shape index (κ2) is 5.48. The third-order valence-electron chi connectivity index (χ3n) is 3.20. The van der Waals surface area contributed by atoms with E-state index in [4.69, 9.17) is 0 Å². The van der Waals surface area contributed by atoms with E-state index in [1.54, 1.807) is 0 Å². The predicted octanol–water partition coefficient (Wildman–Crippen LogP) is 2.85. The largest absolute Gasteiger partial charge is 0.381 e. The van der Waals surface area contributed by atoms with Crippen LogP contribution in [-0.4, -0.2) is 27.3 Å². The highest BCUT2D eigenvalue weighted by Crippen LogP contribution is 2.23. The Hall–Kier alpha value is -1.42. The first-order chi connectivity index (χ1) is 8.92. The number of hydrogen-bond acceptors (Lipinski definition) is 3. The summed E-state index contributed by atoms with van der Waals surface area (Å²) >= 11 is 2.03. The highest BCUT2D eigenvalue weighted by molar-refractivity contribution is 7.99. The number of aromatic nitrogens is 2. The van der Waals surface area contributed by atoms with E-state index < -0.39 is 0 Å². The molecule has 1 N–H and O–H groups in total. The van der Waals surface area contributed by atoms with Crippen molar-refractivity contribution in [2.45, 2.75) is 19.0 Å². The molecule has 18 heavy (non-hydrogen) atoms. The molecule has 1 aromatic heterocycles. The first-order valence-electron chi connectivity index (χ1n) is 6.31. The maximum Gasteiger partial charge on any atom is 0.0679 e. The van der Waals surface area contributed by atoms with E-state index in [0.29, 0.717) is 6.04 Å². The van der Waals surface area contributed by atoms with Gasteiger partial charge in [0.15, 0.2) is 0 Å². The highest BCUT2D eigenvalue weighted by Gasteiger charge is 2.16. The van der Waals surface area contributed by atoms with Crippen LogP contribution in [0.5, 0.6) is 0 Å². The smallest absolute Gasteiger partial charge is 0.0679 e. The summed E-state index contributed by atoms with van der Waals surface area (Å²) < 4.78 is 1.96. The minimum absolute atomic E-state index is 0.619. The second-order valence-corrected chi connectivity index (χ2v) is 5.72. The number of nitrogens with zero attached hydrogens (tertiary/aromatic N) is 2. The Balaban J connectivity index is 1.76. The van der Waals surface area contributed by atoms with Crippen molar-refractivity contribution in [3.8, 4) is 0 Å². The lowest BCUT2D eigenvalue weighted by Crippen LogP contribution is -2.19. The summed E-state index contributed by atoms with van der Waals surface area (Å²) in [6.45, 7) is 0.829. The van der Waals surface area contributed by atoms with E-state index in [1.807, 2.05) is 34.9 Å². The van der Waals surface area contributed by atoms with Gasteiger partial charge >= 0.3 is 0 Å². The van der Waals surface area contributed by atoms with Crippen LogP contribution in [0.15, 0.2) is 42.7 Å². The van der Waals surface area contributed by atoms with Crippen LogP contribution in [0.2, 0.25) is 0 Å². The maximum absolute atomic E-state index is 4.27. The zero-order valence-corrected chi connectivity index (χ0v) is 11.1. The van der Waals surface area contributed by atoms with Gasteiger partial charge in [-0.25, -0.2) is 0 Å². The fourth-order valence-corrected chi connectivity index (χ4v) is 3.39. The number of nitrogens with one attached hydrogen (secondary N) is 1. The summed E-state index contributed by atoms with van der Waals surface area (Å²) in [7, 11) is 0. The summed E-state index contributed by atoms with van der Waals surface area (Å²) in [4.78, 5) is 0. The fraction of sp³-hybridized carbons (Fsp3) is 0.357. The molecule has 0 aliphatic carbocycles. The SMILES string of the molecule is c1ccc(NC2CCSC2)c(Cn2cccn2)c1. The third-order valence-corrected chi connectivity index (χ3v) is 4.36. The zero-order valence-electron chi connectivity index (χ0n) is 10.2. The normalized spacial score (nSPS) is 19.0. The van der Waals surface area contributed by atoms with Crippen LogP contribution < -0.4 is 5.32 Å². The monoisotopic (exact) mass is 259 g/mol. The number of anilines is 1. The molecule has 1 aliphatic heterocycles. The van der Waals surface area contributed by atoms with Crippen LogP contribution in [-0.2, 0) is 6.54 Å². The van der Waals surface area contributed by atoms with Crippen LogP contribution in [0.25, 0.3) is 0 Å². The average Bonchev–Trinajstić information content (AvgIpc) is 3.05. The number of para-hydroxylation sites is 1. The molecule has 1 fully saturated rings. The van der Waals surface area contributed by atoms with Gasteiger partial charge in [-0.1, -0.05) is 18.2 Å². The molecule has 4 heteroatoms. The summed E-state index contributed by atoms with van der Waals surface area (Å²) in [6.07, 6.45) is 5.09. The first-order valence-corrected chi connectivity index (χ1v) is 7.47. The van der Waals surface area contributed by atoms with Gasteiger partial charge in [0, 0.05) is 29.9 Å². The van der Waals surface area contributed by atoms with Gasteiger partial charge in [-0.05, 0) is 29.9 Å². The maximum atomic E-state index is 4.27. The standard InChI is InChI=1S/C14H17N3S/c1-2-5-14(16-13-6-9-18-11-13)12(4-1)10-17-8-3-7-15-17/h1-5,7-8,13,16H,6,9-11H2. The van der Waals surface area contributed by atoms with Gasteiger partial charge in [-0.2, -0.15) is 16.9 Å². The lowest BCUT2D eigenvalue weighted by atomic mass is 10.1. The summed E-state index contributed by atoms with van der Waals surface area (Å²) in [6, 6.07) is 11.1. The number of rotatable bonds is 4. The molecule has 0 bridgehead atoms. The Morgan fingerprint density at radius 2 is 2.28 bits per heavy atom. The van der Waals surface area contributed by atoms with Crippen LogP contribution in [0.1, 0.15) is 12.0 Å². The van der Waals surface area contributed by atoms with Gasteiger partial charge in [0.25, 0.3) is 0 Å². The predicted molar refractivity (Wildman–Crippen MR) is 77.1 cm³/mol. The van der Waals surface area contributed by atoms with E-state index >= 15 is 0 Å². The van der Waals surface area contributed by atoms with Gasteiger partial charge in [0.2, 0.25) is 0 Å². The molecule has 3 rings (SSSR count). The quantitative estimate of drug-likeness (QED) is 0.915. The van der Waals surface area contributed by atoms with Crippen molar-refractivity contribution in [3.05, 3.63) is 48.3 Å². The van der Waals surface area contributed by atoms with E-state index in [9.17, 15) is 0 Å². The minimum atomic E-state index is 0.619. The van der Waals surface area contributed by atoms with Crippen molar-refractivity contribution in [2.75, 3.05) is 16.8 Å². The van der Waals surface area contributed by atoms with Crippen LogP contribution in [0, 0.1) is 0 Å². The molecule has 1 atom stereocenters. The Bertz CT molecular complexity index is 490. The Morgan fingerprint density at radius 3 is 3.06 bits per heavy atom. The molecule has 0 spiro atoms. The van der Waals surface area contributed by atoms with Crippen molar-refractivity contribution in [1.29, 1.82) is 0 Å². The lowest BCUT2D eigenvalue weighted by Gasteiger charge is -2.16. The van der Waals surface area contributed by atoms with Crippen molar-refractivity contribution >= 4 is 17.4 Å². The van der Waals surface area contributed by atoms with Gasteiger partial charge < -0.3 is 5.32 Å². The molecule has 0 radical (unpaired) electrons. The van der Waals surface area contributed by atoms with Crippen molar-refractivity contribution in [3.63, 3.8) is 0 Å². The summed E-state index contributed by atoms with van der Waals surface area (Å²) in [5.74, 6) is 2.50. The molecule has 1 saturated heterocycles. The van der Waals surface area contributed by atoms with Gasteiger partial charge in [-0.3, -0.25) is 4.68 Å². The summed E-state index contributed by atoms with van der Waals surface area (Å²) in [5, 5.41) is 7.93. The molecule has 0 amide bonds. The van der Waals surface area contributed by atoms with Crippen molar-refractivity contribution < 1.29 is 0 Å². The number of thioether (sulfide) groups is 1. The highest BCUT2D eigenvalue weighted by atomic mass is 32.2. The van der Waals surface area contributed by atoms with E-state index in [-0.39, 0.29) is 0 Å². The van der Waals surface area contributed by atoms with Gasteiger partial charge in [0.1, 0.15) is 0 Å². The minimum Gasteiger partial charge on any atom is -0.381 e. The molecular weight excluding hydrogens is 242 g/mol. The average molecular weight is 259 g/mol. The van der Waals surface area contributed by atoms with Crippen molar-refractivity contribution in [1.82, 2.24) is 9.78 Å². The van der Waals surface area contributed by atoms with E-state index in [0.717, 1.165) is 6.54 Å². The third kappa shape index (κ3) is 2.70. The second-order valence-electron chi connectivity index (χ2n) is 4.57. The Kier molecular flexibility index (Phi) is 3.55. The van der Waals surface area contributed by atoms with Gasteiger partial charge in [0.05, 0.1) is 6.54 Å². The molecule has 0 saturated carbocycles. The molecule has 3 nitrogen and oxygen atoms in total. The zero-order chi connectivity index (χ0) is 12.2. The van der Waals surface area contributed by atoms with E-state index in [1.165, 1.54) is 29.2 Å². The van der Waals surface area contributed by atoms with Crippen LogP contribution in [0.3, 0.4) is 0 Å². The topological polar surface area (TPSA) is 29.9 Å². The van der Waals surface area contributed by atoms with Crippen molar-refractivity contribution in [2.24, 2.45) is 0 Å². The summed E-state index contributed by atoms with van der Waals surface area (Å²) in [5.41, 5.74) is 2.55. The van der Waals surface area contributed by atoms with E-state index in [2.05, 4.69) is 34.7 Å². The molecule has 94 valence electrons. The molecule has 1 aliphatic rings. The van der Waals surface area contributed by atoms with Gasteiger partial charge in [-0.15, -0.1) is 0 Å². The number of benzene rings is 1. The molecule has 2 heterocycles.